The number of benzene rings is 1. The van der Waals surface area contributed by atoms with Gasteiger partial charge in [-0.1, -0.05) is 17.7 Å². The predicted molar refractivity (Wildman–Crippen MR) is 101 cm³/mol. The van der Waals surface area contributed by atoms with Gasteiger partial charge in [0, 0.05) is 13.0 Å². The molecule has 1 aliphatic heterocycles. The van der Waals surface area contributed by atoms with E-state index in [2.05, 4.69) is 20.7 Å². The van der Waals surface area contributed by atoms with Gasteiger partial charge in [-0.15, -0.1) is 0 Å². The van der Waals surface area contributed by atoms with E-state index < -0.39 is 0 Å². The molecule has 140 valence electrons. The van der Waals surface area contributed by atoms with E-state index in [1.54, 1.807) is 11.7 Å². The summed E-state index contributed by atoms with van der Waals surface area (Å²) in [6, 6.07) is 4.10. The molecule has 1 saturated heterocycles. The van der Waals surface area contributed by atoms with Crippen LogP contribution in [0.5, 0.6) is 5.75 Å². The average Bonchev–Trinajstić information content (AvgIpc) is 2.95. The van der Waals surface area contributed by atoms with Crippen molar-refractivity contribution in [2.45, 2.75) is 39.5 Å². The number of hydrogen-bond donors (Lipinski definition) is 2. The minimum absolute atomic E-state index is 0.0553. The molecule has 3 rings (SSSR count). The van der Waals surface area contributed by atoms with Gasteiger partial charge in [-0.2, -0.15) is 10.1 Å². The van der Waals surface area contributed by atoms with Crippen LogP contribution in [0.1, 0.15) is 41.3 Å². The van der Waals surface area contributed by atoms with Crippen molar-refractivity contribution in [1.29, 1.82) is 0 Å². The fourth-order valence-electron chi connectivity index (χ4n) is 3.46. The van der Waals surface area contributed by atoms with Crippen LogP contribution in [-0.4, -0.2) is 40.4 Å². The number of carbonyl (C=O) groups excluding carboxylic acids is 1. The first-order valence-corrected chi connectivity index (χ1v) is 9.06. The van der Waals surface area contributed by atoms with Crippen molar-refractivity contribution in [1.82, 2.24) is 20.1 Å². The number of ether oxygens (including phenoxy) is 1. The molecule has 1 aliphatic rings. The van der Waals surface area contributed by atoms with Crippen LogP contribution in [0.4, 0.5) is 5.95 Å². The van der Waals surface area contributed by atoms with Crippen molar-refractivity contribution in [2.75, 3.05) is 25.0 Å². The maximum absolute atomic E-state index is 12.3. The lowest BCUT2D eigenvalue weighted by atomic mass is 9.98. The first-order chi connectivity index (χ1) is 12.4. The van der Waals surface area contributed by atoms with Gasteiger partial charge < -0.3 is 10.1 Å². The minimum Gasteiger partial charge on any atom is -0.483 e. The number of amides is 1. The largest absolute Gasteiger partial charge is 0.483 e. The predicted octanol–water partition coefficient (Wildman–Crippen LogP) is 2.22. The van der Waals surface area contributed by atoms with E-state index in [4.69, 9.17) is 4.74 Å². The van der Waals surface area contributed by atoms with Gasteiger partial charge in [-0.3, -0.25) is 10.1 Å². The summed E-state index contributed by atoms with van der Waals surface area (Å²) in [5.41, 5.74) is 3.24. The van der Waals surface area contributed by atoms with Crippen molar-refractivity contribution in [3.8, 4) is 5.75 Å². The molecule has 26 heavy (non-hydrogen) atoms. The monoisotopic (exact) mass is 357 g/mol. The number of nitrogens with zero attached hydrogens (tertiary/aromatic N) is 3. The summed E-state index contributed by atoms with van der Waals surface area (Å²) < 4.78 is 7.36. The molecule has 1 amide bonds. The average molecular weight is 357 g/mol. The highest BCUT2D eigenvalue weighted by Crippen LogP contribution is 2.25. The summed E-state index contributed by atoms with van der Waals surface area (Å²) in [4.78, 5) is 16.8. The molecular weight excluding hydrogens is 330 g/mol. The number of piperidine rings is 1. The fourth-order valence-corrected chi connectivity index (χ4v) is 3.46. The molecule has 0 bridgehead atoms. The van der Waals surface area contributed by atoms with E-state index >= 15 is 0 Å². The topological polar surface area (TPSA) is 81.1 Å². The Morgan fingerprint density at radius 1 is 1.27 bits per heavy atom. The van der Waals surface area contributed by atoms with Gasteiger partial charge in [0.15, 0.2) is 12.4 Å². The summed E-state index contributed by atoms with van der Waals surface area (Å²) >= 11 is 0. The Balaban J connectivity index is 1.61. The summed E-state index contributed by atoms with van der Waals surface area (Å²) in [6.45, 7) is 7.93. The van der Waals surface area contributed by atoms with Crippen molar-refractivity contribution in [3.63, 3.8) is 0 Å². The van der Waals surface area contributed by atoms with Crippen molar-refractivity contribution >= 4 is 11.9 Å². The van der Waals surface area contributed by atoms with E-state index in [-0.39, 0.29) is 12.5 Å². The number of aromatic nitrogens is 3. The highest BCUT2D eigenvalue weighted by molar-refractivity contribution is 5.90. The third kappa shape index (κ3) is 4.22. The Kier molecular flexibility index (Phi) is 5.56. The van der Waals surface area contributed by atoms with Crippen LogP contribution in [0.3, 0.4) is 0 Å². The van der Waals surface area contributed by atoms with Gasteiger partial charge in [0.25, 0.3) is 5.91 Å². The second-order valence-electron chi connectivity index (χ2n) is 7.01. The number of nitrogens with one attached hydrogen (secondary N) is 2. The van der Waals surface area contributed by atoms with Crippen molar-refractivity contribution in [3.05, 3.63) is 34.6 Å². The number of hydrogen-bond acceptors (Lipinski definition) is 5. The molecule has 0 radical (unpaired) electrons. The molecule has 1 aromatic heterocycles. The molecule has 1 aromatic carbocycles. The molecule has 0 unspecified atom stereocenters. The van der Waals surface area contributed by atoms with Gasteiger partial charge in [0.1, 0.15) is 5.75 Å². The van der Waals surface area contributed by atoms with E-state index in [1.165, 1.54) is 5.56 Å². The van der Waals surface area contributed by atoms with Crippen LogP contribution in [0.15, 0.2) is 12.1 Å². The fraction of sp³-hybridized carbons (Fsp3) is 0.526. The van der Waals surface area contributed by atoms with Crippen LogP contribution < -0.4 is 15.4 Å². The maximum atomic E-state index is 12.3. The van der Waals surface area contributed by atoms with Crippen molar-refractivity contribution in [2.24, 2.45) is 7.05 Å². The van der Waals surface area contributed by atoms with Crippen molar-refractivity contribution < 1.29 is 9.53 Å². The molecular formula is C19H27N5O2. The van der Waals surface area contributed by atoms with Crippen LogP contribution in [-0.2, 0) is 11.8 Å². The zero-order valence-corrected chi connectivity index (χ0v) is 15.9. The molecule has 0 atom stereocenters. The van der Waals surface area contributed by atoms with E-state index in [1.807, 2.05) is 32.9 Å². The smallest absolute Gasteiger partial charge is 0.264 e. The Morgan fingerprint density at radius 3 is 2.58 bits per heavy atom. The number of anilines is 1. The summed E-state index contributed by atoms with van der Waals surface area (Å²) in [6.07, 6.45) is 2.04. The first kappa shape index (κ1) is 18.4. The molecule has 7 nitrogen and oxygen atoms in total. The lowest BCUT2D eigenvalue weighted by Crippen LogP contribution is -2.27. The molecule has 2 heterocycles. The Morgan fingerprint density at radius 2 is 1.92 bits per heavy atom. The molecule has 1 fully saturated rings. The highest BCUT2D eigenvalue weighted by atomic mass is 16.5. The highest BCUT2D eigenvalue weighted by Gasteiger charge is 2.21. The van der Waals surface area contributed by atoms with Crippen LogP contribution in [0.25, 0.3) is 0 Å². The number of carbonyl (C=O) groups is 1. The van der Waals surface area contributed by atoms with Crippen LogP contribution in [0.2, 0.25) is 0 Å². The molecule has 0 aliphatic carbocycles. The minimum atomic E-state index is -0.239. The standard InChI is InChI=1S/C19H27N5O2/c1-12-9-13(2)17(14(3)10-12)26-11-16(25)21-19-22-18(23-24(19)4)15-5-7-20-8-6-15/h9-10,15,20H,5-8,11H2,1-4H3,(H,21,22,23,25). The maximum Gasteiger partial charge on any atom is 0.264 e. The summed E-state index contributed by atoms with van der Waals surface area (Å²) in [5, 5.41) is 10.6. The SMILES string of the molecule is Cc1cc(C)c(OCC(=O)Nc2nc(C3CCNCC3)nn2C)c(C)c1. The molecule has 2 aromatic rings. The summed E-state index contributed by atoms with van der Waals surface area (Å²) in [7, 11) is 1.79. The second kappa shape index (κ2) is 7.86. The Hall–Kier alpha value is -2.41. The van der Waals surface area contributed by atoms with Gasteiger partial charge >= 0.3 is 0 Å². The normalized spacial score (nSPS) is 15.1. The van der Waals surface area contributed by atoms with Gasteiger partial charge in [0.05, 0.1) is 0 Å². The lowest BCUT2D eigenvalue weighted by Gasteiger charge is -2.19. The van der Waals surface area contributed by atoms with E-state index in [0.29, 0.717) is 11.9 Å². The molecule has 0 saturated carbocycles. The lowest BCUT2D eigenvalue weighted by molar-refractivity contribution is -0.118. The molecule has 2 N–H and O–H groups in total. The Bertz CT molecular complexity index is 770. The summed E-state index contributed by atoms with van der Waals surface area (Å²) in [5.74, 6) is 2.14. The third-order valence-corrected chi connectivity index (χ3v) is 4.69. The van der Waals surface area contributed by atoms with Crippen LogP contribution >= 0.6 is 0 Å². The molecule has 0 spiro atoms. The number of rotatable bonds is 5. The van der Waals surface area contributed by atoms with E-state index in [9.17, 15) is 4.79 Å². The zero-order chi connectivity index (χ0) is 18.7. The Labute approximate surface area is 154 Å². The van der Waals surface area contributed by atoms with Gasteiger partial charge in [-0.25, -0.2) is 4.68 Å². The zero-order valence-electron chi connectivity index (χ0n) is 15.9. The van der Waals surface area contributed by atoms with E-state index in [0.717, 1.165) is 48.6 Å². The van der Waals surface area contributed by atoms with Gasteiger partial charge in [0.2, 0.25) is 5.95 Å². The second-order valence-corrected chi connectivity index (χ2v) is 7.01. The third-order valence-electron chi connectivity index (χ3n) is 4.69. The number of aryl methyl sites for hydroxylation is 4. The first-order valence-electron chi connectivity index (χ1n) is 9.06. The molecule has 7 heteroatoms. The van der Waals surface area contributed by atoms with Gasteiger partial charge in [-0.05, 0) is 57.8 Å². The van der Waals surface area contributed by atoms with Crippen LogP contribution in [0, 0.1) is 20.8 Å². The quantitative estimate of drug-likeness (QED) is 0.858.